The van der Waals surface area contributed by atoms with Gasteiger partial charge in [0.25, 0.3) is 5.54 Å². The van der Waals surface area contributed by atoms with Gasteiger partial charge < -0.3 is 5.11 Å². The number of aliphatic hydroxyl groups excluding tert-OH is 1. The molecule has 0 bridgehead atoms. The summed E-state index contributed by atoms with van der Waals surface area (Å²) in [5, 5.41) is 41.1. The average Bonchev–Trinajstić information content (AvgIpc) is 2.27. The van der Waals surface area contributed by atoms with Gasteiger partial charge in [0, 0.05) is 14.8 Å². The highest BCUT2D eigenvalue weighted by Crippen LogP contribution is 2.33. The lowest BCUT2D eigenvalue weighted by molar-refractivity contribution is -0.632. The Morgan fingerprint density at radius 2 is 1.47 bits per heavy atom. The van der Waals surface area contributed by atoms with Crippen LogP contribution < -0.4 is 0 Å². The first-order valence-corrected chi connectivity index (χ1v) is 4.85. The zero-order valence-electron chi connectivity index (χ0n) is 8.72. The second kappa shape index (κ2) is 4.57. The van der Waals surface area contributed by atoms with Crippen molar-refractivity contribution in [3.63, 3.8) is 0 Å². The lowest BCUT2D eigenvalue weighted by Gasteiger charge is -2.30. The van der Waals surface area contributed by atoms with Gasteiger partial charge in [-0.15, -0.1) is 0 Å². The van der Waals surface area contributed by atoms with Gasteiger partial charge >= 0.3 is 0 Å². The van der Waals surface area contributed by atoms with Gasteiger partial charge in [0.05, 0.1) is 19.3 Å². The van der Waals surface area contributed by atoms with Crippen LogP contribution in [0, 0.1) is 30.3 Å². The molecule has 10 nitrogen and oxygen atoms in total. The highest BCUT2D eigenvalue weighted by Gasteiger charge is 2.57. The first-order chi connectivity index (χ1) is 7.82. The molecule has 0 aromatic rings. The Balaban J connectivity index is 3.03. The van der Waals surface area contributed by atoms with Crippen LogP contribution in [0.4, 0.5) is 0 Å². The summed E-state index contributed by atoms with van der Waals surface area (Å²) in [7, 11) is 0. The van der Waals surface area contributed by atoms with E-state index in [-0.39, 0.29) is 6.42 Å². The molecule has 0 amide bonds. The Hall–Kier alpha value is -1.84. The van der Waals surface area contributed by atoms with Gasteiger partial charge in [-0.2, -0.15) is 0 Å². The number of rotatable bonds is 4. The molecule has 1 saturated carbocycles. The Labute approximate surface area is 94.7 Å². The fourth-order valence-corrected chi connectivity index (χ4v) is 2.10. The normalized spacial score (nSPS) is 33.0. The fraction of sp³-hybridized carbons (Fsp3) is 1.00. The van der Waals surface area contributed by atoms with Crippen molar-refractivity contribution in [3.05, 3.63) is 30.3 Å². The molecule has 2 atom stereocenters. The van der Waals surface area contributed by atoms with Gasteiger partial charge in [-0.05, 0) is 0 Å². The Morgan fingerprint density at radius 3 is 1.71 bits per heavy atom. The molecule has 17 heavy (non-hydrogen) atoms. The van der Waals surface area contributed by atoms with Crippen molar-refractivity contribution in [2.24, 2.45) is 0 Å². The first-order valence-electron chi connectivity index (χ1n) is 4.85. The molecule has 0 aromatic heterocycles. The maximum Gasteiger partial charge on any atom is 0.257 e. The Bertz CT molecular complexity index is 335. The number of hydrogen-bond donors (Lipinski definition) is 1. The van der Waals surface area contributed by atoms with Crippen LogP contribution in [0.3, 0.4) is 0 Å². The van der Waals surface area contributed by atoms with Crippen LogP contribution in [0.25, 0.3) is 0 Å². The van der Waals surface area contributed by atoms with Crippen molar-refractivity contribution in [2.75, 3.05) is 6.61 Å². The van der Waals surface area contributed by atoms with E-state index in [4.69, 9.17) is 5.11 Å². The van der Waals surface area contributed by atoms with Crippen molar-refractivity contribution in [1.29, 1.82) is 0 Å². The third kappa shape index (κ3) is 2.46. The van der Waals surface area contributed by atoms with Crippen LogP contribution in [-0.2, 0) is 0 Å². The third-order valence-corrected chi connectivity index (χ3v) is 3.05. The highest BCUT2D eigenvalue weighted by molar-refractivity contribution is 4.91. The summed E-state index contributed by atoms with van der Waals surface area (Å²) in [4.78, 5) is 29.7. The van der Waals surface area contributed by atoms with Crippen LogP contribution >= 0.6 is 0 Å². The van der Waals surface area contributed by atoms with Gasteiger partial charge in [0.1, 0.15) is 6.61 Å². The molecule has 96 valence electrons. The molecule has 0 radical (unpaired) electrons. The fourth-order valence-electron chi connectivity index (χ4n) is 2.10. The van der Waals surface area contributed by atoms with Crippen molar-refractivity contribution in [3.8, 4) is 0 Å². The molecule has 1 fully saturated rings. The van der Waals surface area contributed by atoms with Gasteiger partial charge in [-0.1, -0.05) is 0 Å². The molecule has 1 aliphatic carbocycles. The van der Waals surface area contributed by atoms with E-state index >= 15 is 0 Å². The third-order valence-electron chi connectivity index (χ3n) is 3.05. The lowest BCUT2D eigenvalue weighted by Crippen LogP contribution is -2.54. The van der Waals surface area contributed by atoms with E-state index in [2.05, 4.69) is 0 Å². The molecular weight excluding hydrogens is 238 g/mol. The smallest absolute Gasteiger partial charge is 0.257 e. The van der Waals surface area contributed by atoms with Crippen molar-refractivity contribution < 1.29 is 19.9 Å². The standard InChI is InChI=1S/C7H11N3O7/c11-4-7(10(16)17)2-5(8(12)13)1-6(3-7)9(14)15/h5-6,11H,1-4H2. The number of nitrogens with zero attached hydrogens (tertiary/aromatic N) is 3. The van der Waals surface area contributed by atoms with Gasteiger partial charge in [0.15, 0.2) is 0 Å². The monoisotopic (exact) mass is 249 g/mol. The maximum atomic E-state index is 10.8. The van der Waals surface area contributed by atoms with Crippen LogP contribution in [0.1, 0.15) is 19.3 Å². The Morgan fingerprint density at radius 1 is 1.06 bits per heavy atom. The summed E-state index contributed by atoms with van der Waals surface area (Å²) in [5.74, 6) is 0. The van der Waals surface area contributed by atoms with Crippen molar-refractivity contribution in [1.82, 2.24) is 0 Å². The molecule has 0 heterocycles. The molecule has 0 aliphatic heterocycles. The summed E-state index contributed by atoms with van der Waals surface area (Å²) >= 11 is 0. The van der Waals surface area contributed by atoms with Crippen LogP contribution in [-0.4, -0.2) is 44.1 Å². The van der Waals surface area contributed by atoms with E-state index in [1.165, 1.54) is 0 Å². The molecule has 0 spiro atoms. The second-order valence-electron chi connectivity index (χ2n) is 4.16. The number of aliphatic hydroxyl groups is 1. The first kappa shape index (κ1) is 13.2. The van der Waals surface area contributed by atoms with E-state index in [1.807, 2.05) is 0 Å². The SMILES string of the molecule is O=[N+]([O-])C1CC([N+](=O)[O-])CC(CO)([N+](=O)[O-])C1. The zero-order chi connectivity index (χ0) is 13.2. The predicted octanol–water partition coefficient (Wildman–Crippen LogP) is -0.531. The van der Waals surface area contributed by atoms with E-state index in [0.29, 0.717) is 0 Å². The molecular formula is C7H11N3O7. The topological polar surface area (TPSA) is 150 Å². The molecule has 2 unspecified atom stereocenters. The van der Waals surface area contributed by atoms with Crippen molar-refractivity contribution >= 4 is 0 Å². The summed E-state index contributed by atoms with van der Waals surface area (Å²) < 4.78 is 0. The molecule has 1 aliphatic rings. The second-order valence-corrected chi connectivity index (χ2v) is 4.16. The average molecular weight is 249 g/mol. The summed E-state index contributed by atoms with van der Waals surface area (Å²) in [6.45, 7) is -0.936. The maximum absolute atomic E-state index is 10.8. The zero-order valence-corrected chi connectivity index (χ0v) is 8.72. The minimum absolute atomic E-state index is 0.338. The molecule has 0 aromatic carbocycles. The van der Waals surface area contributed by atoms with Crippen LogP contribution in [0.15, 0.2) is 0 Å². The number of hydrogen-bond acceptors (Lipinski definition) is 7. The summed E-state index contributed by atoms with van der Waals surface area (Å²) in [5.41, 5.74) is -1.98. The molecule has 10 heteroatoms. The predicted molar refractivity (Wildman–Crippen MR) is 52.2 cm³/mol. The van der Waals surface area contributed by atoms with Gasteiger partial charge in [0.2, 0.25) is 12.1 Å². The largest absolute Gasteiger partial charge is 0.389 e. The summed E-state index contributed by atoms with van der Waals surface area (Å²) in [6, 6.07) is -2.73. The van der Waals surface area contributed by atoms with E-state index < -0.39 is 51.8 Å². The quantitative estimate of drug-likeness (QED) is 0.519. The van der Waals surface area contributed by atoms with Crippen LogP contribution in [0.2, 0.25) is 0 Å². The number of nitro groups is 3. The van der Waals surface area contributed by atoms with Crippen molar-refractivity contribution in [2.45, 2.75) is 36.9 Å². The Kier molecular flexibility index (Phi) is 3.56. The molecule has 0 saturated heterocycles. The highest BCUT2D eigenvalue weighted by atomic mass is 16.6. The minimum atomic E-state index is -1.98. The van der Waals surface area contributed by atoms with Gasteiger partial charge in [-0.25, -0.2) is 0 Å². The van der Waals surface area contributed by atoms with E-state index in [0.717, 1.165) is 0 Å². The lowest BCUT2D eigenvalue weighted by atomic mass is 9.77. The van der Waals surface area contributed by atoms with Crippen LogP contribution in [0.5, 0.6) is 0 Å². The summed E-state index contributed by atoms with van der Waals surface area (Å²) in [6.07, 6.45) is -1.29. The minimum Gasteiger partial charge on any atom is -0.389 e. The van der Waals surface area contributed by atoms with E-state index in [1.54, 1.807) is 0 Å². The van der Waals surface area contributed by atoms with E-state index in [9.17, 15) is 30.3 Å². The molecule has 1 N–H and O–H groups in total. The van der Waals surface area contributed by atoms with Gasteiger partial charge in [-0.3, -0.25) is 30.3 Å². The molecule has 1 rings (SSSR count).